The number of hydrogen-bond donors (Lipinski definition) is 2. The van der Waals surface area contributed by atoms with Gasteiger partial charge in [-0.05, 0) is 29.0 Å². The number of fused-ring (bicyclic) bond motifs is 1. The van der Waals surface area contributed by atoms with Gasteiger partial charge < -0.3 is 0 Å². The monoisotopic (exact) mass is 192 g/mol. The third-order valence-electron chi connectivity index (χ3n) is 1.84. The maximum Gasteiger partial charge on any atom is 0.0119 e. The Morgan fingerprint density at radius 1 is 0.917 bits per heavy atom. The lowest BCUT2D eigenvalue weighted by atomic mass is 10.1. The molecule has 12 heavy (non-hydrogen) atoms. The molecule has 0 saturated heterocycles. The lowest BCUT2D eigenvalue weighted by Gasteiger charge is -2.00. The molecule has 0 aliphatic rings. The van der Waals surface area contributed by atoms with Crippen molar-refractivity contribution in [1.29, 1.82) is 0 Å². The highest BCUT2D eigenvalue weighted by Gasteiger charge is 1.95. The summed E-state index contributed by atoms with van der Waals surface area (Å²) in [7, 11) is 0. The van der Waals surface area contributed by atoms with Gasteiger partial charge in [0.1, 0.15) is 0 Å². The molecule has 0 radical (unpaired) electrons. The van der Waals surface area contributed by atoms with Gasteiger partial charge in [-0.3, -0.25) is 0 Å². The second kappa shape index (κ2) is 3.04. The molecule has 0 aliphatic heterocycles. The van der Waals surface area contributed by atoms with Crippen LogP contribution >= 0.6 is 25.3 Å². The fraction of sp³-hybridized carbons (Fsp3) is 0. The average molecular weight is 192 g/mol. The van der Waals surface area contributed by atoms with Crippen molar-refractivity contribution in [2.45, 2.75) is 9.79 Å². The molecule has 0 aliphatic carbocycles. The Bertz CT molecular complexity index is 421. The molecular weight excluding hydrogens is 184 g/mol. The van der Waals surface area contributed by atoms with Gasteiger partial charge in [-0.15, -0.1) is 25.3 Å². The van der Waals surface area contributed by atoms with E-state index in [2.05, 4.69) is 31.3 Å². The van der Waals surface area contributed by atoms with Gasteiger partial charge in [-0.1, -0.05) is 18.2 Å². The van der Waals surface area contributed by atoms with Crippen LogP contribution in [-0.4, -0.2) is 0 Å². The van der Waals surface area contributed by atoms with Crippen molar-refractivity contribution in [1.82, 2.24) is 0 Å². The van der Waals surface area contributed by atoms with E-state index >= 15 is 0 Å². The highest BCUT2D eigenvalue weighted by molar-refractivity contribution is 7.80. The fourth-order valence-electron chi connectivity index (χ4n) is 1.25. The molecule has 0 heterocycles. The van der Waals surface area contributed by atoms with Crippen molar-refractivity contribution in [3.63, 3.8) is 0 Å². The molecule has 0 bridgehead atoms. The third kappa shape index (κ3) is 1.32. The molecule has 2 heteroatoms. The van der Waals surface area contributed by atoms with Gasteiger partial charge in [0.15, 0.2) is 0 Å². The first-order valence-corrected chi connectivity index (χ1v) is 4.57. The number of thiol groups is 2. The summed E-state index contributed by atoms with van der Waals surface area (Å²) in [4.78, 5) is 2.00. The Balaban J connectivity index is 2.86. The van der Waals surface area contributed by atoms with Crippen LogP contribution in [0.5, 0.6) is 0 Å². The zero-order valence-corrected chi connectivity index (χ0v) is 8.15. The average Bonchev–Trinajstić information content (AvgIpc) is 2.04. The van der Waals surface area contributed by atoms with Crippen molar-refractivity contribution in [3.8, 4) is 0 Å². The Labute approximate surface area is 82.4 Å². The molecule has 0 unspecified atom stereocenters. The first-order valence-electron chi connectivity index (χ1n) is 3.68. The van der Waals surface area contributed by atoms with E-state index in [1.165, 1.54) is 10.8 Å². The summed E-state index contributed by atoms with van der Waals surface area (Å²) in [6.07, 6.45) is 0. The van der Waals surface area contributed by atoms with Crippen LogP contribution in [0, 0.1) is 0 Å². The van der Waals surface area contributed by atoms with Crippen LogP contribution < -0.4 is 0 Å². The van der Waals surface area contributed by atoms with E-state index in [-0.39, 0.29) is 0 Å². The lowest BCUT2D eigenvalue weighted by molar-refractivity contribution is 1.48. The molecule has 60 valence electrons. The summed E-state index contributed by atoms with van der Waals surface area (Å²) in [6, 6.07) is 12.1. The highest BCUT2D eigenvalue weighted by Crippen LogP contribution is 2.23. The lowest BCUT2D eigenvalue weighted by Crippen LogP contribution is -1.74. The van der Waals surface area contributed by atoms with Gasteiger partial charge in [0.05, 0.1) is 0 Å². The van der Waals surface area contributed by atoms with Crippen molar-refractivity contribution in [2.24, 2.45) is 0 Å². The summed E-state index contributed by atoms with van der Waals surface area (Å²) >= 11 is 8.63. The summed E-state index contributed by atoms with van der Waals surface area (Å²) in [5.41, 5.74) is 0. The SMILES string of the molecule is Sc1ccc2c(S)cccc2c1. The quantitative estimate of drug-likeness (QED) is 0.587. The fourth-order valence-corrected chi connectivity index (χ4v) is 1.76. The zero-order valence-electron chi connectivity index (χ0n) is 6.36. The molecule has 0 N–H and O–H groups in total. The molecule has 2 rings (SSSR count). The minimum Gasteiger partial charge on any atom is -0.143 e. The number of hydrogen-bond acceptors (Lipinski definition) is 2. The van der Waals surface area contributed by atoms with Crippen LogP contribution in [0.4, 0.5) is 0 Å². The summed E-state index contributed by atoms with van der Waals surface area (Å²) in [6.45, 7) is 0. The maximum absolute atomic E-state index is 4.36. The zero-order chi connectivity index (χ0) is 8.55. The van der Waals surface area contributed by atoms with E-state index in [4.69, 9.17) is 0 Å². The topological polar surface area (TPSA) is 0 Å². The van der Waals surface area contributed by atoms with Crippen LogP contribution in [0.15, 0.2) is 46.2 Å². The molecule has 0 atom stereocenters. The predicted molar refractivity (Wildman–Crippen MR) is 58.5 cm³/mol. The minimum absolute atomic E-state index is 0.987. The van der Waals surface area contributed by atoms with Crippen molar-refractivity contribution in [2.75, 3.05) is 0 Å². The van der Waals surface area contributed by atoms with Crippen LogP contribution in [0.2, 0.25) is 0 Å². The Morgan fingerprint density at radius 3 is 2.58 bits per heavy atom. The van der Waals surface area contributed by atoms with Crippen LogP contribution in [0.3, 0.4) is 0 Å². The first-order chi connectivity index (χ1) is 5.77. The van der Waals surface area contributed by atoms with E-state index in [1.807, 2.05) is 30.3 Å². The van der Waals surface area contributed by atoms with E-state index in [9.17, 15) is 0 Å². The molecular formula is C10H8S2. The van der Waals surface area contributed by atoms with Gasteiger partial charge in [0, 0.05) is 9.79 Å². The molecule has 0 fully saturated rings. The Morgan fingerprint density at radius 2 is 1.75 bits per heavy atom. The van der Waals surface area contributed by atoms with E-state index in [1.54, 1.807) is 0 Å². The molecule has 0 spiro atoms. The van der Waals surface area contributed by atoms with Crippen molar-refractivity contribution in [3.05, 3.63) is 36.4 Å². The second-order valence-corrected chi connectivity index (χ2v) is 3.68. The van der Waals surface area contributed by atoms with Crippen LogP contribution in [0.25, 0.3) is 10.8 Å². The van der Waals surface area contributed by atoms with Gasteiger partial charge in [0.25, 0.3) is 0 Å². The van der Waals surface area contributed by atoms with Gasteiger partial charge in [-0.25, -0.2) is 0 Å². The normalized spacial score (nSPS) is 10.5. The molecule has 0 nitrogen and oxygen atoms in total. The summed E-state index contributed by atoms with van der Waals surface area (Å²) < 4.78 is 0. The van der Waals surface area contributed by atoms with Gasteiger partial charge in [0.2, 0.25) is 0 Å². The number of rotatable bonds is 0. The number of benzene rings is 2. The molecule has 0 saturated carbocycles. The third-order valence-corrected chi connectivity index (χ3v) is 2.51. The summed E-state index contributed by atoms with van der Waals surface area (Å²) in [5.74, 6) is 0. The predicted octanol–water partition coefficient (Wildman–Crippen LogP) is 3.42. The van der Waals surface area contributed by atoms with E-state index in [0.29, 0.717) is 0 Å². The summed E-state index contributed by atoms with van der Waals surface area (Å²) in [5, 5.41) is 2.37. The maximum atomic E-state index is 4.36. The van der Waals surface area contributed by atoms with Gasteiger partial charge in [-0.2, -0.15) is 0 Å². The van der Waals surface area contributed by atoms with E-state index in [0.717, 1.165) is 9.79 Å². The van der Waals surface area contributed by atoms with Crippen LogP contribution in [-0.2, 0) is 0 Å². The standard InChI is InChI=1S/C10H8S2/c11-8-4-5-9-7(6-8)2-1-3-10(9)12/h1-6,11-12H. The first kappa shape index (κ1) is 8.02. The smallest absolute Gasteiger partial charge is 0.0119 e. The van der Waals surface area contributed by atoms with Crippen molar-refractivity contribution < 1.29 is 0 Å². The Kier molecular flexibility index (Phi) is 2.03. The molecule has 2 aromatic rings. The second-order valence-electron chi connectivity index (χ2n) is 2.68. The minimum atomic E-state index is 0.987. The van der Waals surface area contributed by atoms with E-state index < -0.39 is 0 Å². The molecule has 0 amide bonds. The van der Waals surface area contributed by atoms with Gasteiger partial charge >= 0.3 is 0 Å². The highest BCUT2D eigenvalue weighted by atomic mass is 32.1. The van der Waals surface area contributed by atoms with Crippen molar-refractivity contribution >= 4 is 36.0 Å². The molecule has 0 aromatic heterocycles. The van der Waals surface area contributed by atoms with Crippen LogP contribution in [0.1, 0.15) is 0 Å². The molecule has 2 aromatic carbocycles. The Hall–Kier alpha value is -0.600. The largest absolute Gasteiger partial charge is 0.143 e.